The molecule has 2 aromatic heterocycles. The second kappa shape index (κ2) is 5.14. The number of aromatic carboxylic acids is 1. The Morgan fingerprint density at radius 1 is 1.45 bits per heavy atom. The molecule has 0 saturated heterocycles. The van der Waals surface area contributed by atoms with Gasteiger partial charge >= 0.3 is 5.97 Å². The maximum absolute atomic E-state index is 12.1. The summed E-state index contributed by atoms with van der Waals surface area (Å²) in [5.41, 5.74) is 0. The van der Waals surface area contributed by atoms with Crippen molar-refractivity contribution in [2.75, 3.05) is 4.72 Å². The molecule has 0 aliphatic carbocycles. The minimum absolute atomic E-state index is 0.0231. The van der Waals surface area contributed by atoms with E-state index in [9.17, 15) is 13.2 Å². The van der Waals surface area contributed by atoms with E-state index in [0.29, 0.717) is 5.02 Å². The molecular formula is C11H9ClN2O5S. The minimum atomic E-state index is -4.00. The molecule has 0 spiro atoms. The highest BCUT2D eigenvalue weighted by Crippen LogP contribution is 2.23. The molecule has 0 unspecified atom stereocenters. The van der Waals surface area contributed by atoms with Gasteiger partial charge in [-0.05, 0) is 13.0 Å². The van der Waals surface area contributed by atoms with Gasteiger partial charge in [-0.3, -0.25) is 4.72 Å². The van der Waals surface area contributed by atoms with Gasteiger partial charge in [-0.15, -0.1) is 0 Å². The van der Waals surface area contributed by atoms with Crippen molar-refractivity contribution in [1.29, 1.82) is 0 Å². The Morgan fingerprint density at radius 3 is 2.70 bits per heavy atom. The first-order valence-corrected chi connectivity index (χ1v) is 7.14. The van der Waals surface area contributed by atoms with E-state index in [1.165, 1.54) is 25.3 Å². The summed E-state index contributed by atoms with van der Waals surface area (Å²) in [5, 5.41) is 9.09. The van der Waals surface area contributed by atoms with Crippen molar-refractivity contribution in [1.82, 2.24) is 4.98 Å². The van der Waals surface area contributed by atoms with Gasteiger partial charge in [0.2, 0.25) is 5.76 Å². The summed E-state index contributed by atoms with van der Waals surface area (Å²) in [6.07, 6.45) is 1.34. The fourth-order valence-corrected chi connectivity index (χ4v) is 2.83. The van der Waals surface area contributed by atoms with Gasteiger partial charge in [-0.1, -0.05) is 11.6 Å². The first-order chi connectivity index (χ1) is 9.29. The summed E-state index contributed by atoms with van der Waals surface area (Å²) in [6.45, 7) is 1.35. The van der Waals surface area contributed by atoms with Crippen molar-refractivity contribution in [3.63, 3.8) is 0 Å². The SMILES string of the molecule is Cc1oc(C(=O)O)cc1S(=O)(=O)Nc1cc(Cl)ccn1. The highest BCUT2D eigenvalue weighted by molar-refractivity contribution is 7.92. The number of sulfonamides is 1. The average molecular weight is 317 g/mol. The van der Waals surface area contributed by atoms with Crippen LogP contribution < -0.4 is 4.72 Å². The first-order valence-electron chi connectivity index (χ1n) is 5.28. The summed E-state index contributed by atoms with van der Waals surface area (Å²) in [5.74, 6) is -1.82. The maximum Gasteiger partial charge on any atom is 0.371 e. The minimum Gasteiger partial charge on any atom is -0.475 e. The summed E-state index contributed by atoms with van der Waals surface area (Å²) >= 11 is 5.73. The molecule has 0 amide bonds. The number of carbonyl (C=O) groups is 1. The molecule has 9 heteroatoms. The van der Waals surface area contributed by atoms with Crippen LogP contribution in [0, 0.1) is 6.92 Å². The number of hydrogen-bond donors (Lipinski definition) is 2. The first kappa shape index (κ1) is 14.4. The highest BCUT2D eigenvalue weighted by atomic mass is 35.5. The standard InChI is InChI=1S/C11H9ClN2O5S/c1-6-9(5-8(19-6)11(15)16)20(17,18)14-10-4-7(12)2-3-13-10/h2-5H,1H3,(H,13,14)(H,15,16). The van der Waals surface area contributed by atoms with Gasteiger partial charge in [0.1, 0.15) is 16.5 Å². The van der Waals surface area contributed by atoms with Gasteiger partial charge in [0.05, 0.1) is 0 Å². The quantitative estimate of drug-likeness (QED) is 0.894. The molecule has 7 nitrogen and oxygen atoms in total. The van der Waals surface area contributed by atoms with Crippen LogP contribution in [0.1, 0.15) is 16.3 Å². The molecule has 106 valence electrons. The molecule has 2 aromatic rings. The van der Waals surface area contributed by atoms with Gasteiger partial charge in [0.15, 0.2) is 0 Å². The molecule has 0 bridgehead atoms. The van der Waals surface area contributed by atoms with Gasteiger partial charge in [-0.2, -0.15) is 0 Å². The van der Waals surface area contributed by atoms with E-state index in [1.807, 2.05) is 0 Å². The number of aromatic nitrogens is 1. The van der Waals surface area contributed by atoms with Crippen molar-refractivity contribution in [3.8, 4) is 0 Å². The lowest BCUT2D eigenvalue weighted by Gasteiger charge is -2.05. The number of aryl methyl sites for hydroxylation is 1. The number of hydrogen-bond acceptors (Lipinski definition) is 5. The maximum atomic E-state index is 12.1. The number of carboxylic acids is 1. The van der Waals surface area contributed by atoms with Crippen LogP contribution in [-0.4, -0.2) is 24.5 Å². The number of pyridine rings is 1. The van der Waals surface area contributed by atoms with Gasteiger partial charge in [-0.25, -0.2) is 18.2 Å². The van der Waals surface area contributed by atoms with E-state index in [1.54, 1.807) is 0 Å². The largest absolute Gasteiger partial charge is 0.475 e. The van der Waals surface area contributed by atoms with Crippen molar-refractivity contribution in [3.05, 3.63) is 40.9 Å². The number of carboxylic acid groups (broad SMARTS) is 1. The van der Waals surface area contributed by atoms with Gasteiger partial charge < -0.3 is 9.52 Å². The van der Waals surface area contributed by atoms with E-state index in [2.05, 4.69) is 9.71 Å². The van der Waals surface area contributed by atoms with Crippen LogP contribution in [0.25, 0.3) is 0 Å². The number of rotatable bonds is 4. The number of nitrogens with zero attached hydrogens (tertiary/aromatic N) is 1. The van der Waals surface area contributed by atoms with Crippen LogP contribution in [0.5, 0.6) is 0 Å². The van der Waals surface area contributed by atoms with E-state index >= 15 is 0 Å². The predicted molar refractivity (Wildman–Crippen MR) is 70.5 cm³/mol. The number of furan rings is 1. The van der Waals surface area contributed by atoms with Crippen LogP contribution in [0.3, 0.4) is 0 Å². The zero-order chi connectivity index (χ0) is 14.9. The normalized spacial score (nSPS) is 11.3. The Hall–Kier alpha value is -2.06. The zero-order valence-corrected chi connectivity index (χ0v) is 11.7. The lowest BCUT2D eigenvalue weighted by Crippen LogP contribution is -2.14. The third kappa shape index (κ3) is 2.91. The molecule has 0 atom stereocenters. The molecule has 2 N–H and O–H groups in total. The second-order valence-corrected chi connectivity index (χ2v) is 5.89. The number of nitrogens with one attached hydrogen (secondary N) is 1. The molecule has 2 heterocycles. The number of halogens is 1. The summed E-state index contributed by atoms with van der Waals surface area (Å²) in [4.78, 5) is 14.3. The van der Waals surface area contributed by atoms with Crippen LogP contribution in [-0.2, 0) is 10.0 Å². The van der Waals surface area contributed by atoms with Crippen LogP contribution in [0.4, 0.5) is 5.82 Å². The Morgan fingerprint density at radius 2 is 2.15 bits per heavy atom. The van der Waals surface area contributed by atoms with Crippen molar-refractivity contribution < 1.29 is 22.7 Å². The summed E-state index contributed by atoms with van der Waals surface area (Å²) in [6, 6.07) is 3.75. The molecule has 0 aliphatic heterocycles. The molecule has 0 saturated carbocycles. The molecule has 0 aromatic carbocycles. The molecule has 0 aliphatic rings. The average Bonchev–Trinajstić information content (AvgIpc) is 2.71. The van der Waals surface area contributed by atoms with Crippen molar-refractivity contribution >= 4 is 33.4 Å². The van der Waals surface area contributed by atoms with Crippen LogP contribution in [0.2, 0.25) is 5.02 Å². The van der Waals surface area contributed by atoms with Crippen LogP contribution in [0.15, 0.2) is 33.7 Å². The van der Waals surface area contributed by atoms with Gasteiger partial charge in [0.25, 0.3) is 10.0 Å². The third-order valence-corrected chi connectivity index (χ3v) is 4.03. The smallest absolute Gasteiger partial charge is 0.371 e. The molecular weight excluding hydrogens is 308 g/mol. The predicted octanol–water partition coefficient (Wildman–Crippen LogP) is 2.14. The molecule has 20 heavy (non-hydrogen) atoms. The summed E-state index contributed by atoms with van der Waals surface area (Å²) in [7, 11) is -4.00. The lowest BCUT2D eigenvalue weighted by molar-refractivity contribution is 0.0661. The van der Waals surface area contributed by atoms with E-state index in [-0.39, 0.29) is 16.5 Å². The molecule has 0 radical (unpaired) electrons. The van der Waals surface area contributed by atoms with E-state index < -0.39 is 21.8 Å². The fourth-order valence-electron chi connectivity index (χ4n) is 1.49. The highest BCUT2D eigenvalue weighted by Gasteiger charge is 2.24. The summed E-state index contributed by atoms with van der Waals surface area (Å²) < 4.78 is 31.3. The topological polar surface area (TPSA) is 109 Å². The number of anilines is 1. The Kier molecular flexibility index (Phi) is 3.69. The second-order valence-electron chi connectivity index (χ2n) is 3.80. The lowest BCUT2D eigenvalue weighted by atomic mass is 10.4. The van der Waals surface area contributed by atoms with E-state index in [4.69, 9.17) is 21.1 Å². The van der Waals surface area contributed by atoms with Crippen LogP contribution >= 0.6 is 11.6 Å². The Balaban J connectivity index is 2.38. The molecule has 0 fully saturated rings. The van der Waals surface area contributed by atoms with Crippen molar-refractivity contribution in [2.45, 2.75) is 11.8 Å². The van der Waals surface area contributed by atoms with Crippen molar-refractivity contribution in [2.24, 2.45) is 0 Å². The molecule has 2 rings (SSSR count). The monoisotopic (exact) mass is 316 g/mol. The van der Waals surface area contributed by atoms with Gasteiger partial charge in [0, 0.05) is 23.4 Å². The third-order valence-electron chi connectivity index (χ3n) is 2.33. The fraction of sp³-hybridized carbons (Fsp3) is 0.0909. The Bertz CT molecular complexity index is 769. The zero-order valence-electron chi connectivity index (χ0n) is 10.1. The van der Waals surface area contributed by atoms with E-state index in [0.717, 1.165) is 6.07 Å². The Labute approximate surface area is 119 Å².